The van der Waals surface area contributed by atoms with E-state index in [1.807, 2.05) is 0 Å². The van der Waals surface area contributed by atoms with Gasteiger partial charge in [-0.05, 0) is 30.3 Å². The van der Waals surface area contributed by atoms with Gasteiger partial charge in [-0.2, -0.15) is 22.5 Å². The topological polar surface area (TPSA) is 79.8 Å². The first-order chi connectivity index (χ1) is 11.9. The van der Waals surface area contributed by atoms with Gasteiger partial charge in [0, 0.05) is 23.4 Å². The largest absolute Gasteiger partial charge is 0.416 e. The molecular weight excluding hydrogens is 355 g/mol. The number of aromatic nitrogens is 3. The van der Waals surface area contributed by atoms with Crippen LogP contribution in [0.2, 0.25) is 0 Å². The number of anilines is 2. The fourth-order valence-corrected chi connectivity index (χ4v) is 2.48. The zero-order valence-corrected chi connectivity index (χ0v) is 13.2. The predicted molar refractivity (Wildman–Crippen MR) is 87.2 cm³/mol. The fraction of sp³-hybridized carbons (Fsp3) is 0.0667. The van der Waals surface area contributed by atoms with Crippen molar-refractivity contribution in [2.45, 2.75) is 6.18 Å². The molecule has 0 spiro atoms. The molecule has 2 N–H and O–H groups in total. The normalized spacial score (nSPS) is 11.2. The summed E-state index contributed by atoms with van der Waals surface area (Å²) < 4.78 is 42.1. The molecule has 0 fully saturated rings. The van der Waals surface area contributed by atoms with Gasteiger partial charge in [-0.15, -0.1) is 0 Å². The molecule has 3 aromatic rings. The smallest absolute Gasteiger partial charge is 0.308 e. The highest BCUT2D eigenvalue weighted by Gasteiger charge is 2.30. The van der Waals surface area contributed by atoms with Crippen molar-refractivity contribution in [2.24, 2.45) is 0 Å². The van der Waals surface area contributed by atoms with E-state index in [1.54, 1.807) is 24.4 Å². The van der Waals surface area contributed by atoms with Crippen molar-refractivity contribution in [1.82, 2.24) is 14.3 Å². The second kappa shape index (κ2) is 6.85. The number of rotatable bonds is 3. The Bertz CT molecular complexity index is 882. The van der Waals surface area contributed by atoms with Gasteiger partial charge < -0.3 is 5.32 Å². The summed E-state index contributed by atoms with van der Waals surface area (Å²) >= 11 is 0.938. The van der Waals surface area contributed by atoms with Crippen LogP contribution in [0.25, 0.3) is 11.5 Å². The van der Waals surface area contributed by atoms with E-state index in [1.165, 1.54) is 12.1 Å². The Morgan fingerprint density at radius 1 is 1.08 bits per heavy atom. The zero-order chi connectivity index (χ0) is 17.9. The summed E-state index contributed by atoms with van der Waals surface area (Å²) in [6.45, 7) is 0. The van der Waals surface area contributed by atoms with Gasteiger partial charge in [0.25, 0.3) is 0 Å². The van der Waals surface area contributed by atoms with Crippen molar-refractivity contribution in [1.29, 1.82) is 0 Å². The highest BCUT2D eigenvalue weighted by Crippen LogP contribution is 2.30. The van der Waals surface area contributed by atoms with Gasteiger partial charge in [-0.1, -0.05) is 12.1 Å². The molecule has 3 rings (SSSR count). The number of hydrogen-bond donors (Lipinski definition) is 2. The Hall–Kier alpha value is -3.01. The number of nitrogens with zero attached hydrogens (tertiary/aromatic N) is 3. The standard InChI is InChI=1S/C15H10F3N5OS/c16-15(17,18)9-4-3-5-10(8-9)20-13(24)22-14-21-12(23-25-14)11-6-1-2-7-19-11/h1-8H,(H2,20,21,22,23,24). The molecule has 25 heavy (non-hydrogen) atoms. The lowest BCUT2D eigenvalue weighted by Crippen LogP contribution is -2.19. The number of carbonyl (C=O) groups is 1. The second-order valence-electron chi connectivity index (χ2n) is 4.80. The predicted octanol–water partition coefficient (Wildman–Crippen LogP) is 4.26. The Labute approximate surface area is 143 Å². The lowest BCUT2D eigenvalue weighted by molar-refractivity contribution is -0.137. The Kier molecular flexibility index (Phi) is 4.61. The number of carbonyl (C=O) groups excluding carboxylic acids is 1. The van der Waals surface area contributed by atoms with Gasteiger partial charge in [0.05, 0.1) is 5.56 Å². The van der Waals surface area contributed by atoms with Crippen LogP contribution in [0.3, 0.4) is 0 Å². The molecule has 0 aliphatic rings. The van der Waals surface area contributed by atoms with E-state index in [4.69, 9.17) is 0 Å². The molecule has 0 unspecified atom stereocenters. The molecular formula is C15H10F3N5OS. The third kappa shape index (κ3) is 4.29. The molecule has 0 saturated heterocycles. The minimum Gasteiger partial charge on any atom is -0.308 e. The maximum atomic E-state index is 12.7. The van der Waals surface area contributed by atoms with Crippen LogP contribution in [0.1, 0.15) is 5.56 Å². The Morgan fingerprint density at radius 3 is 2.64 bits per heavy atom. The average molecular weight is 365 g/mol. The van der Waals surface area contributed by atoms with Crippen LogP contribution < -0.4 is 10.6 Å². The van der Waals surface area contributed by atoms with Gasteiger partial charge in [0.1, 0.15) is 5.69 Å². The number of nitrogens with one attached hydrogen (secondary N) is 2. The van der Waals surface area contributed by atoms with Gasteiger partial charge >= 0.3 is 12.2 Å². The number of amides is 2. The molecule has 0 saturated carbocycles. The van der Waals surface area contributed by atoms with Crippen LogP contribution in [0.15, 0.2) is 48.7 Å². The van der Waals surface area contributed by atoms with Crippen LogP contribution in [0.4, 0.5) is 28.8 Å². The van der Waals surface area contributed by atoms with Crippen LogP contribution in [0, 0.1) is 0 Å². The first-order valence-electron chi connectivity index (χ1n) is 6.92. The molecule has 0 bridgehead atoms. The fourth-order valence-electron chi connectivity index (χ4n) is 1.91. The lowest BCUT2D eigenvalue weighted by Gasteiger charge is -2.09. The zero-order valence-electron chi connectivity index (χ0n) is 12.4. The lowest BCUT2D eigenvalue weighted by atomic mass is 10.2. The molecule has 6 nitrogen and oxygen atoms in total. The Balaban J connectivity index is 1.67. The van der Waals surface area contributed by atoms with Crippen LogP contribution in [0.5, 0.6) is 0 Å². The first-order valence-corrected chi connectivity index (χ1v) is 7.69. The van der Waals surface area contributed by atoms with Crippen molar-refractivity contribution in [3.8, 4) is 11.5 Å². The van der Waals surface area contributed by atoms with Crippen LogP contribution in [-0.2, 0) is 6.18 Å². The molecule has 128 valence electrons. The highest BCUT2D eigenvalue weighted by molar-refractivity contribution is 7.10. The molecule has 0 radical (unpaired) electrons. The molecule has 0 aliphatic carbocycles. The first kappa shape index (κ1) is 16.8. The number of benzene rings is 1. The molecule has 2 heterocycles. The molecule has 2 amide bonds. The molecule has 1 aromatic carbocycles. The average Bonchev–Trinajstić information content (AvgIpc) is 3.03. The molecule has 0 atom stereocenters. The quantitative estimate of drug-likeness (QED) is 0.727. The van der Waals surface area contributed by atoms with E-state index in [0.717, 1.165) is 23.7 Å². The highest BCUT2D eigenvalue weighted by atomic mass is 32.1. The van der Waals surface area contributed by atoms with E-state index in [2.05, 4.69) is 25.0 Å². The summed E-state index contributed by atoms with van der Waals surface area (Å²) in [5, 5.41) is 4.95. The van der Waals surface area contributed by atoms with E-state index in [0.29, 0.717) is 11.5 Å². The third-order valence-corrected chi connectivity index (χ3v) is 3.62. The van der Waals surface area contributed by atoms with Crippen LogP contribution >= 0.6 is 11.5 Å². The summed E-state index contributed by atoms with van der Waals surface area (Å²) in [7, 11) is 0. The maximum absolute atomic E-state index is 12.7. The summed E-state index contributed by atoms with van der Waals surface area (Å²) in [5.74, 6) is 0.347. The van der Waals surface area contributed by atoms with Crippen molar-refractivity contribution >= 4 is 28.4 Å². The monoisotopic (exact) mass is 365 g/mol. The summed E-state index contributed by atoms with van der Waals surface area (Å²) in [5.41, 5.74) is -0.287. The van der Waals surface area contributed by atoms with Crippen molar-refractivity contribution < 1.29 is 18.0 Å². The van der Waals surface area contributed by atoms with E-state index in [9.17, 15) is 18.0 Å². The van der Waals surface area contributed by atoms with Crippen LogP contribution in [-0.4, -0.2) is 20.4 Å². The number of urea groups is 1. The van der Waals surface area contributed by atoms with Gasteiger partial charge in [0.15, 0.2) is 5.82 Å². The Morgan fingerprint density at radius 2 is 1.92 bits per heavy atom. The number of halogens is 3. The van der Waals surface area contributed by atoms with Gasteiger partial charge in [-0.3, -0.25) is 10.3 Å². The van der Waals surface area contributed by atoms with Crippen molar-refractivity contribution in [3.63, 3.8) is 0 Å². The van der Waals surface area contributed by atoms with E-state index in [-0.39, 0.29) is 10.8 Å². The van der Waals surface area contributed by atoms with Gasteiger partial charge in [-0.25, -0.2) is 4.79 Å². The minimum absolute atomic E-state index is 0.0155. The van der Waals surface area contributed by atoms with E-state index >= 15 is 0 Å². The summed E-state index contributed by atoms with van der Waals surface area (Å²) in [4.78, 5) is 20.1. The minimum atomic E-state index is -4.48. The summed E-state index contributed by atoms with van der Waals surface area (Å²) in [6, 6.07) is 8.86. The molecule has 0 aliphatic heterocycles. The van der Waals surface area contributed by atoms with Crippen molar-refractivity contribution in [3.05, 3.63) is 54.2 Å². The number of pyridine rings is 1. The molecule has 2 aromatic heterocycles. The third-order valence-electron chi connectivity index (χ3n) is 2.99. The van der Waals surface area contributed by atoms with Crippen molar-refractivity contribution in [2.75, 3.05) is 10.6 Å². The number of alkyl halides is 3. The maximum Gasteiger partial charge on any atom is 0.416 e. The van der Waals surface area contributed by atoms with E-state index < -0.39 is 17.8 Å². The summed E-state index contributed by atoms with van der Waals surface area (Å²) in [6.07, 6.45) is -2.89. The molecule has 10 heteroatoms. The number of hydrogen-bond acceptors (Lipinski definition) is 5. The SMILES string of the molecule is O=C(Nc1cccc(C(F)(F)F)c1)Nc1nc(-c2ccccn2)ns1. The van der Waals surface area contributed by atoms with Gasteiger partial charge in [0.2, 0.25) is 5.13 Å². The second-order valence-corrected chi connectivity index (χ2v) is 5.55.